The molecular weight excluding hydrogens is 239 g/mol. The molecule has 0 spiro atoms. The Bertz CT molecular complexity index is 580. The first-order valence-electron chi connectivity index (χ1n) is 7.38. The Morgan fingerprint density at radius 2 is 1.89 bits per heavy atom. The van der Waals surface area contributed by atoms with Crippen molar-refractivity contribution in [1.82, 2.24) is 4.90 Å². The molecule has 0 amide bonds. The first-order valence-corrected chi connectivity index (χ1v) is 7.38. The van der Waals surface area contributed by atoms with Crippen molar-refractivity contribution in [2.24, 2.45) is 23.7 Å². The van der Waals surface area contributed by atoms with Crippen molar-refractivity contribution < 1.29 is 4.39 Å². The second kappa shape index (κ2) is 3.20. The average Bonchev–Trinajstić information content (AvgIpc) is 2.73. The highest BCUT2D eigenvalue weighted by molar-refractivity contribution is 6.00. The van der Waals surface area contributed by atoms with Crippen LogP contribution in [-0.4, -0.2) is 16.8 Å². The van der Waals surface area contributed by atoms with Gasteiger partial charge >= 0.3 is 0 Å². The smallest absolute Gasteiger partial charge is 0.129 e. The fourth-order valence-corrected chi connectivity index (χ4v) is 5.27. The third-order valence-electron chi connectivity index (χ3n) is 6.01. The highest BCUT2D eigenvalue weighted by atomic mass is 19.1. The van der Waals surface area contributed by atoms with Gasteiger partial charge in [0, 0.05) is 18.2 Å². The Kier molecular flexibility index (Phi) is 1.75. The lowest BCUT2D eigenvalue weighted by atomic mass is 10.0. The number of hydrogen-bond donors (Lipinski definition) is 1. The molecule has 3 saturated carbocycles. The molecule has 4 aliphatic rings. The summed E-state index contributed by atoms with van der Waals surface area (Å²) in [5.74, 6) is 3.88. The molecular formula is C16H17FN2. The molecule has 2 nitrogen and oxygen atoms in total. The highest BCUT2D eigenvalue weighted by Crippen LogP contribution is 2.67. The first-order chi connectivity index (χ1) is 9.24. The van der Waals surface area contributed by atoms with E-state index in [0.29, 0.717) is 11.9 Å². The number of amidine groups is 1. The maximum Gasteiger partial charge on any atom is 0.129 e. The van der Waals surface area contributed by atoms with Gasteiger partial charge in [-0.1, -0.05) is 6.07 Å². The van der Waals surface area contributed by atoms with Crippen molar-refractivity contribution in [3.05, 3.63) is 35.1 Å². The third kappa shape index (κ3) is 1.19. The van der Waals surface area contributed by atoms with Gasteiger partial charge in [0.2, 0.25) is 0 Å². The highest BCUT2D eigenvalue weighted by Gasteiger charge is 2.67. The average molecular weight is 256 g/mol. The molecule has 1 aromatic rings. The fourth-order valence-electron chi connectivity index (χ4n) is 5.27. The summed E-state index contributed by atoms with van der Waals surface area (Å²) >= 11 is 0. The second-order valence-corrected chi connectivity index (χ2v) is 6.76. The molecule has 4 unspecified atom stereocenters. The Labute approximate surface area is 112 Å². The number of halogens is 1. The molecule has 1 aromatic carbocycles. The predicted octanol–water partition coefficient (Wildman–Crippen LogP) is 3.01. The molecule has 3 aliphatic carbocycles. The van der Waals surface area contributed by atoms with Gasteiger partial charge in [0.05, 0.1) is 0 Å². The van der Waals surface area contributed by atoms with Gasteiger partial charge < -0.3 is 4.90 Å². The topological polar surface area (TPSA) is 27.1 Å². The lowest BCUT2D eigenvalue weighted by Gasteiger charge is -2.22. The maximum atomic E-state index is 13.3. The maximum absolute atomic E-state index is 13.3. The van der Waals surface area contributed by atoms with E-state index in [0.717, 1.165) is 41.3 Å². The van der Waals surface area contributed by atoms with Gasteiger partial charge in [-0.3, -0.25) is 5.41 Å². The van der Waals surface area contributed by atoms with Crippen molar-refractivity contribution >= 4 is 5.84 Å². The van der Waals surface area contributed by atoms with E-state index in [4.69, 9.17) is 5.41 Å². The van der Waals surface area contributed by atoms with Crippen molar-refractivity contribution in [3.8, 4) is 0 Å². The minimum absolute atomic E-state index is 0.221. The summed E-state index contributed by atoms with van der Waals surface area (Å²) in [5.41, 5.74) is 1.95. The minimum atomic E-state index is -0.221. The minimum Gasteiger partial charge on any atom is -0.349 e. The quantitative estimate of drug-likeness (QED) is 0.821. The van der Waals surface area contributed by atoms with Crippen LogP contribution in [0.15, 0.2) is 18.2 Å². The van der Waals surface area contributed by atoms with Crippen LogP contribution in [0.3, 0.4) is 0 Å². The van der Waals surface area contributed by atoms with E-state index in [-0.39, 0.29) is 5.82 Å². The molecule has 1 aliphatic heterocycles. The zero-order chi connectivity index (χ0) is 12.7. The molecule has 0 aromatic heterocycles. The Hall–Kier alpha value is -1.38. The van der Waals surface area contributed by atoms with Crippen LogP contribution in [0.25, 0.3) is 0 Å². The molecule has 0 radical (unpaired) electrons. The van der Waals surface area contributed by atoms with Crippen LogP contribution < -0.4 is 0 Å². The molecule has 98 valence electrons. The number of benzene rings is 1. The van der Waals surface area contributed by atoms with Crippen LogP contribution in [0.5, 0.6) is 0 Å². The fraction of sp³-hybridized carbons (Fsp3) is 0.562. The standard InChI is InChI=1S/C16H17FN2/c17-11-4-3-10-7-19(16(18)12(10)6-11)15-13-8-1-2-9(5-8)14(13)15/h3-4,6,8-9,13-15,18H,1-2,5,7H2. The summed E-state index contributed by atoms with van der Waals surface area (Å²) in [6.07, 6.45) is 4.25. The van der Waals surface area contributed by atoms with E-state index in [1.807, 2.05) is 6.07 Å². The van der Waals surface area contributed by atoms with Gasteiger partial charge in [0.25, 0.3) is 0 Å². The number of hydrogen-bond acceptors (Lipinski definition) is 1. The number of nitrogens with one attached hydrogen (secondary N) is 1. The van der Waals surface area contributed by atoms with Gasteiger partial charge in [-0.05, 0) is 60.6 Å². The summed E-state index contributed by atoms with van der Waals surface area (Å²) in [5, 5.41) is 8.35. The molecule has 1 N–H and O–H groups in total. The lowest BCUT2D eigenvalue weighted by molar-refractivity contribution is 0.330. The SMILES string of the molecule is N=C1c2cc(F)ccc2CN1C1C2C3CCC(C3)C21. The molecule has 2 bridgehead atoms. The molecule has 3 heteroatoms. The van der Waals surface area contributed by atoms with Gasteiger partial charge in [0.15, 0.2) is 0 Å². The van der Waals surface area contributed by atoms with Gasteiger partial charge in [-0.25, -0.2) is 4.39 Å². The van der Waals surface area contributed by atoms with Gasteiger partial charge in [0.1, 0.15) is 11.7 Å². The van der Waals surface area contributed by atoms with Crippen LogP contribution in [0.1, 0.15) is 30.4 Å². The predicted molar refractivity (Wildman–Crippen MR) is 70.4 cm³/mol. The van der Waals surface area contributed by atoms with E-state index in [2.05, 4.69) is 4.90 Å². The van der Waals surface area contributed by atoms with Gasteiger partial charge in [-0.15, -0.1) is 0 Å². The largest absolute Gasteiger partial charge is 0.349 e. The number of fused-ring (bicyclic) bond motifs is 6. The summed E-state index contributed by atoms with van der Waals surface area (Å²) in [7, 11) is 0. The van der Waals surface area contributed by atoms with E-state index in [1.54, 1.807) is 0 Å². The van der Waals surface area contributed by atoms with Crippen LogP contribution >= 0.6 is 0 Å². The van der Waals surface area contributed by atoms with Crippen molar-refractivity contribution in [2.45, 2.75) is 31.8 Å². The van der Waals surface area contributed by atoms with E-state index < -0.39 is 0 Å². The lowest BCUT2D eigenvalue weighted by Crippen LogP contribution is -2.30. The normalized spacial score (nSPS) is 41.6. The zero-order valence-corrected chi connectivity index (χ0v) is 10.8. The molecule has 4 atom stereocenters. The van der Waals surface area contributed by atoms with E-state index in [1.165, 1.54) is 31.4 Å². The number of rotatable bonds is 1. The Morgan fingerprint density at radius 1 is 1.16 bits per heavy atom. The monoisotopic (exact) mass is 256 g/mol. The van der Waals surface area contributed by atoms with Crippen molar-refractivity contribution in [1.29, 1.82) is 5.41 Å². The Morgan fingerprint density at radius 3 is 2.63 bits per heavy atom. The van der Waals surface area contributed by atoms with E-state index >= 15 is 0 Å². The summed E-state index contributed by atoms with van der Waals surface area (Å²) in [6, 6.07) is 5.50. The zero-order valence-electron chi connectivity index (χ0n) is 10.8. The van der Waals surface area contributed by atoms with Crippen LogP contribution in [0.4, 0.5) is 4.39 Å². The number of nitrogens with zero attached hydrogens (tertiary/aromatic N) is 1. The van der Waals surface area contributed by atoms with Crippen LogP contribution in [0.2, 0.25) is 0 Å². The summed E-state index contributed by atoms with van der Waals surface area (Å²) < 4.78 is 13.3. The molecule has 3 fully saturated rings. The van der Waals surface area contributed by atoms with Gasteiger partial charge in [-0.2, -0.15) is 0 Å². The summed E-state index contributed by atoms with van der Waals surface area (Å²) in [4.78, 5) is 2.25. The summed E-state index contributed by atoms with van der Waals surface area (Å²) in [6.45, 7) is 0.825. The third-order valence-corrected chi connectivity index (χ3v) is 6.01. The molecule has 1 heterocycles. The van der Waals surface area contributed by atoms with Crippen LogP contribution in [0, 0.1) is 34.9 Å². The van der Waals surface area contributed by atoms with Crippen molar-refractivity contribution in [2.75, 3.05) is 0 Å². The van der Waals surface area contributed by atoms with E-state index in [9.17, 15) is 4.39 Å². The first kappa shape index (κ1) is 10.4. The molecule has 19 heavy (non-hydrogen) atoms. The Balaban J connectivity index is 1.47. The van der Waals surface area contributed by atoms with Crippen LogP contribution in [-0.2, 0) is 6.54 Å². The molecule has 0 saturated heterocycles. The molecule has 5 rings (SSSR count). The van der Waals surface area contributed by atoms with Crippen molar-refractivity contribution in [3.63, 3.8) is 0 Å². The second-order valence-electron chi connectivity index (χ2n) is 6.76.